The number of carbonyl (C=O) groups is 1. The predicted molar refractivity (Wildman–Crippen MR) is 53.7 cm³/mol. The van der Waals surface area contributed by atoms with Crippen molar-refractivity contribution in [3.05, 3.63) is 35.4 Å². The molecule has 1 N–H and O–H groups in total. The lowest BCUT2D eigenvalue weighted by molar-refractivity contribution is -0.183. The molecule has 0 saturated heterocycles. The summed E-state index contributed by atoms with van der Waals surface area (Å²) >= 11 is 0. The van der Waals surface area contributed by atoms with Gasteiger partial charge in [-0.05, 0) is 17.7 Å². The van der Waals surface area contributed by atoms with Gasteiger partial charge in [-0.2, -0.15) is 0 Å². The monoisotopic (exact) mass is 266 g/mol. The molecule has 1 aromatic carbocycles. The van der Waals surface area contributed by atoms with Gasteiger partial charge in [0, 0.05) is 0 Å². The standard InChI is InChI=1S/C11H10F4O3/c1-18-8(16)6-2-4-7(5-3-6)11(17,9(12)13)10(14)15/h2-5,9-10,17H,1H3. The molecular formula is C11H10F4O3. The molecule has 0 aliphatic rings. The summed E-state index contributed by atoms with van der Waals surface area (Å²) in [7, 11) is 1.12. The van der Waals surface area contributed by atoms with Crippen molar-refractivity contribution in [1.29, 1.82) is 0 Å². The summed E-state index contributed by atoms with van der Waals surface area (Å²) in [6.45, 7) is 0. The van der Waals surface area contributed by atoms with Gasteiger partial charge in [0.25, 0.3) is 12.9 Å². The van der Waals surface area contributed by atoms with Crippen LogP contribution in [0.2, 0.25) is 0 Å². The van der Waals surface area contributed by atoms with E-state index < -0.39 is 30.0 Å². The van der Waals surface area contributed by atoms with Crippen molar-refractivity contribution in [1.82, 2.24) is 0 Å². The third kappa shape index (κ3) is 2.45. The zero-order chi connectivity index (χ0) is 13.9. The van der Waals surface area contributed by atoms with E-state index in [1.54, 1.807) is 0 Å². The molecule has 1 rings (SSSR count). The van der Waals surface area contributed by atoms with E-state index >= 15 is 0 Å². The Morgan fingerprint density at radius 1 is 1.17 bits per heavy atom. The van der Waals surface area contributed by atoms with Crippen molar-refractivity contribution >= 4 is 5.97 Å². The lowest BCUT2D eigenvalue weighted by atomic mass is 9.94. The van der Waals surface area contributed by atoms with Crippen molar-refractivity contribution in [2.75, 3.05) is 7.11 Å². The number of alkyl halides is 4. The maximum Gasteiger partial charge on any atom is 0.337 e. The van der Waals surface area contributed by atoms with Gasteiger partial charge < -0.3 is 9.84 Å². The molecule has 0 aromatic heterocycles. The van der Waals surface area contributed by atoms with Crippen LogP contribution in [0.4, 0.5) is 17.6 Å². The van der Waals surface area contributed by atoms with Gasteiger partial charge in [0.05, 0.1) is 12.7 Å². The smallest absolute Gasteiger partial charge is 0.337 e. The zero-order valence-electron chi connectivity index (χ0n) is 9.24. The number of ether oxygens (including phenoxy) is 1. The van der Waals surface area contributed by atoms with Crippen molar-refractivity contribution < 1.29 is 32.2 Å². The first kappa shape index (κ1) is 14.4. The van der Waals surface area contributed by atoms with Crippen LogP contribution in [-0.4, -0.2) is 31.0 Å². The Morgan fingerprint density at radius 3 is 1.94 bits per heavy atom. The molecule has 0 spiro atoms. The van der Waals surface area contributed by atoms with Gasteiger partial charge in [-0.3, -0.25) is 0 Å². The summed E-state index contributed by atoms with van der Waals surface area (Å²) < 4.78 is 54.5. The first-order chi connectivity index (χ1) is 8.33. The molecule has 100 valence electrons. The van der Waals surface area contributed by atoms with E-state index in [-0.39, 0.29) is 5.56 Å². The molecule has 0 atom stereocenters. The van der Waals surface area contributed by atoms with Gasteiger partial charge in [0.1, 0.15) is 0 Å². The second-order valence-corrected chi connectivity index (χ2v) is 3.50. The van der Waals surface area contributed by atoms with Crippen LogP contribution < -0.4 is 0 Å². The molecule has 0 amide bonds. The van der Waals surface area contributed by atoms with Gasteiger partial charge in [0.15, 0.2) is 0 Å². The Bertz CT molecular complexity index is 409. The molecule has 0 radical (unpaired) electrons. The van der Waals surface area contributed by atoms with Crippen LogP contribution >= 0.6 is 0 Å². The van der Waals surface area contributed by atoms with Crippen molar-refractivity contribution in [2.24, 2.45) is 0 Å². The fraction of sp³-hybridized carbons (Fsp3) is 0.364. The summed E-state index contributed by atoms with van der Waals surface area (Å²) in [5.41, 5.74) is -4.21. The molecule has 7 heteroatoms. The largest absolute Gasteiger partial charge is 0.465 e. The summed E-state index contributed by atoms with van der Waals surface area (Å²) in [4.78, 5) is 11.1. The zero-order valence-corrected chi connectivity index (χ0v) is 9.24. The number of rotatable bonds is 4. The minimum Gasteiger partial charge on any atom is -0.465 e. The van der Waals surface area contributed by atoms with E-state index in [1.807, 2.05) is 0 Å². The van der Waals surface area contributed by atoms with E-state index in [9.17, 15) is 27.5 Å². The number of hydrogen-bond acceptors (Lipinski definition) is 3. The highest BCUT2D eigenvalue weighted by atomic mass is 19.3. The fourth-order valence-corrected chi connectivity index (χ4v) is 1.34. The molecular weight excluding hydrogens is 256 g/mol. The summed E-state index contributed by atoms with van der Waals surface area (Å²) in [5, 5.41) is 9.31. The van der Waals surface area contributed by atoms with Crippen molar-refractivity contribution in [3.63, 3.8) is 0 Å². The maximum atomic E-state index is 12.5. The third-order valence-electron chi connectivity index (χ3n) is 2.43. The van der Waals surface area contributed by atoms with Crippen LogP contribution in [0.5, 0.6) is 0 Å². The number of methoxy groups -OCH3 is 1. The quantitative estimate of drug-likeness (QED) is 0.671. The van der Waals surface area contributed by atoms with Crippen molar-refractivity contribution in [3.8, 4) is 0 Å². The molecule has 0 unspecified atom stereocenters. The van der Waals surface area contributed by atoms with Gasteiger partial charge in [-0.25, -0.2) is 22.4 Å². The third-order valence-corrected chi connectivity index (χ3v) is 2.43. The minimum absolute atomic E-state index is 0.00660. The lowest BCUT2D eigenvalue weighted by Gasteiger charge is -2.26. The number of carbonyl (C=O) groups excluding carboxylic acids is 1. The van der Waals surface area contributed by atoms with Crippen LogP contribution in [0.15, 0.2) is 24.3 Å². The first-order valence-corrected chi connectivity index (χ1v) is 4.81. The van der Waals surface area contributed by atoms with Gasteiger partial charge in [-0.1, -0.05) is 12.1 Å². The Kier molecular flexibility index (Phi) is 4.28. The normalized spacial score (nSPS) is 12.0. The molecule has 0 fully saturated rings. The molecule has 0 aliphatic heterocycles. The van der Waals surface area contributed by atoms with Gasteiger partial charge >= 0.3 is 5.97 Å². The minimum atomic E-state index is -3.65. The van der Waals surface area contributed by atoms with Gasteiger partial charge in [-0.15, -0.1) is 0 Å². The van der Waals surface area contributed by atoms with Crippen LogP contribution in [0.25, 0.3) is 0 Å². The van der Waals surface area contributed by atoms with E-state index in [0.717, 1.165) is 31.4 Å². The Balaban J connectivity index is 3.13. The predicted octanol–water partition coefficient (Wildman–Crippen LogP) is 2.19. The molecule has 3 nitrogen and oxygen atoms in total. The molecule has 0 saturated carbocycles. The Morgan fingerprint density at radius 2 is 1.61 bits per heavy atom. The Labute approximate surface area is 100.0 Å². The SMILES string of the molecule is COC(=O)c1ccc(C(O)(C(F)F)C(F)F)cc1. The van der Waals surface area contributed by atoms with E-state index in [4.69, 9.17) is 0 Å². The topological polar surface area (TPSA) is 46.5 Å². The van der Waals surface area contributed by atoms with E-state index in [2.05, 4.69) is 4.74 Å². The number of esters is 1. The lowest BCUT2D eigenvalue weighted by Crippen LogP contribution is -2.41. The average Bonchev–Trinajstić information content (AvgIpc) is 2.36. The molecule has 0 heterocycles. The van der Waals surface area contributed by atoms with Crippen LogP contribution in [0.1, 0.15) is 15.9 Å². The highest BCUT2D eigenvalue weighted by Gasteiger charge is 2.48. The second-order valence-electron chi connectivity index (χ2n) is 3.50. The average molecular weight is 266 g/mol. The molecule has 18 heavy (non-hydrogen) atoms. The fourth-order valence-electron chi connectivity index (χ4n) is 1.34. The number of aliphatic hydroxyl groups is 1. The number of hydrogen-bond donors (Lipinski definition) is 1. The van der Waals surface area contributed by atoms with Crippen LogP contribution in [-0.2, 0) is 10.3 Å². The molecule has 1 aromatic rings. The summed E-state index contributed by atoms with van der Waals surface area (Å²) in [6, 6.07) is 3.73. The van der Waals surface area contributed by atoms with E-state index in [1.165, 1.54) is 0 Å². The van der Waals surface area contributed by atoms with Crippen molar-refractivity contribution in [2.45, 2.75) is 18.5 Å². The molecule has 0 bridgehead atoms. The summed E-state index contributed by atoms with van der Waals surface area (Å²) in [6.07, 6.45) is -7.30. The number of halogens is 4. The van der Waals surface area contributed by atoms with Gasteiger partial charge in [0.2, 0.25) is 5.60 Å². The van der Waals surface area contributed by atoms with Crippen LogP contribution in [0.3, 0.4) is 0 Å². The maximum absolute atomic E-state index is 12.5. The molecule has 0 aliphatic carbocycles. The number of benzene rings is 1. The summed E-state index contributed by atoms with van der Waals surface area (Å²) in [5.74, 6) is -0.737. The van der Waals surface area contributed by atoms with Crippen LogP contribution in [0, 0.1) is 0 Å². The second kappa shape index (κ2) is 5.34. The first-order valence-electron chi connectivity index (χ1n) is 4.81. The highest BCUT2D eigenvalue weighted by molar-refractivity contribution is 5.89. The highest BCUT2D eigenvalue weighted by Crippen LogP contribution is 2.34. The Hall–Kier alpha value is -1.63. The van der Waals surface area contributed by atoms with E-state index in [0.29, 0.717) is 0 Å².